The largest absolute Gasteiger partial charge is 1.00 e. The Balaban J connectivity index is 0.000000276. The number of fused-ring (bicyclic) bond motifs is 4. The van der Waals surface area contributed by atoms with Crippen LogP contribution in [0.2, 0.25) is 10.0 Å². The topological polar surface area (TPSA) is 197 Å². The number of carbonyl (C=O) groups is 5. The first kappa shape index (κ1) is 59.3. The smallest absolute Gasteiger partial charge is 0.652 e. The molecule has 0 unspecified atom stereocenters. The van der Waals surface area contributed by atoms with Crippen LogP contribution in [0, 0.1) is 10.8 Å². The first-order chi connectivity index (χ1) is 32.0. The Morgan fingerprint density at radius 3 is 1.20 bits per heavy atom. The van der Waals surface area contributed by atoms with Crippen LogP contribution >= 0.6 is 23.2 Å². The Bertz CT molecular complexity index is 2670. The molecule has 0 aliphatic carbocycles. The normalized spacial score (nSPS) is 17.7. The van der Waals surface area contributed by atoms with Crippen molar-refractivity contribution in [2.24, 2.45) is 10.8 Å². The van der Waals surface area contributed by atoms with Gasteiger partial charge in [0.25, 0.3) is 11.8 Å². The molecular formula is C53H52Cl2K2N2O11. The van der Waals surface area contributed by atoms with E-state index in [1.165, 1.54) is 0 Å². The number of rotatable bonds is 8. The van der Waals surface area contributed by atoms with Crippen molar-refractivity contribution in [3.63, 3.8) is 0 Å². The van der Waals surface area contributed by atoms with Crippen LogP contribution in [0.5, 0.6) is 0 Å². The number of benzene rings is 6. The zero-order valence-electron chi connectivity index (χ0n) is 40.4. The molecule has 4 atom stereocenters. The maximum absolute atomic E-state index is 13.6. The van der Waals surface area contributed by atoms with Crippen LogP contribution in [0.1, 0.15) is 88.8 Å². The minimum absolute atomic E-state index is 0. The summed E-state index contributed by atoms with van der Waals surface area (Å²) in [6.07, 6.45) is -6.69. The Morgan fingerprint density at radius 2 is 0.871 bits per heavy atom. The number of hydrogen-bond acceptors (Lipinski definition) is 9. The predicted molar refractivity (Wildman–Crippen MR) is 258 cm³/mol. The molecule has 6 aromatic rings. The van der Waals surface area contributed by atoms with E-state index in [1.807, 2.05) is 151 Å². The number of nitrogens with zero attached hydrogens (tertiary/aromatic N) is 2. The summed E-state index contributed by atoms with van der Waals surface area (Å²) >= 11 is 12.8. The summed E-state index contributed by atoms with van der Waals surface area (Å²) in [5, 5.41) is 40.8. The molecule has 2 amide bonds. The van der Waals surface area contributed by atoms with Gasteiger partial charge in [-0.1, -0.05) is 150 Å². The van der Waals surface area contributed by atoms with Crippen molar-refractivity contribution in [2.45, 2.75) is 78.8 Å². The van der Waals surface area contributed by atoms with Gasteiger partial charge in [0, 0.05) is 45.6 Å². The average molecular weight is 1040 g/mol. The summed E-state index contributed by atoms with van der Waals surface area (Å²) in [4.78, 5) is 62.0. The van der Waals surface area contributed by atoms with Crippen LogP contribution in [0.15, 0.2) is 121 Å². The van der Waals surface area contributed by atoms with Gasteiger partial charge in [0.15, 0.2) is 0 Å². The molecule has 2 N–H and O–H groups in total. The van der Waals surface area contributed by atoms with Crippen molar-refractivity contribution in [2.75, 3.05) is 22.9 Å². The SMILES string of the molecule is CC(C)(C)CN1C(=O)[C@H](CC(=O)O)O[C@@H](c2cccc3ccccc23)c2cc(Cl)ccc21.CC(C)(C)CN1C(=O)[C@H](CC(=O)O)O[C@@H](c2cccc3ccccc23)c2cc(Cl)ccc21.O=C([O-])[O-].[K+].[K+]. The number of carboxylic acid groups (broad SMARTS) is 4. The molecular weight excluding hydrogens is 990 g/mol. The van der Waals surface area contributed by atoms with Gasteiger partial charge in [-0.05, 0) is 86.1 Å². The fraction of sp³-hybridized carbons (Fsp3) is 0.302. The van der Waals surface area contributed by atoms with Gasteiger partial charge in [-0.3, -0.25) is 19.2 Å². The van der Waals surface area contributed by atoms with Crippen LogP contribution in [-0.4, -0.2) is 65.4 Å². The van der Waals surface area contributed by atoms with Crippen molar-refractivity contribution in [3.8, 4) is 0 Å². The fourth-order valence-corrected chi connectivity index (χ4v) is 8.80. The summed E-state index contributed by atoms with van der Waals surface area (Å²) in [6.45, 7) is 13.1. The molecule has 0 fully saturated rings. The molecule has 2 heterocycles. The van der Waals surface area contributed by atoms with E-state index >= 15 is 0 Å². The van der Waals surface area contributed by atoms with E-state index in [2.05, 4.69) is 0 Å². The van der Waals surface area contributed by atoms with Gasteiger partial charge in [-0.2, -0.15) is 0 Å². The summed E-state index contributed by atoms with van der Waals surface area (Å²) < 4.78 is 12.6. The van der Waals surface area contributed by atoms with Gasteiger partial charge in [-0.25, -0.2) is 0 Å². The summed E-state index contributed by atoms with van der Waals surface area (Å²) in [5.74, 6) is -2.87. The number of aliphatic carboxylic acids is 2. The Labute approximate surface area is 502 Å². The monoisotopic (exact) mass is 1040 g/mol. The standard InChI is InChI=1S/2C26H26ClNO4.CH2O3.2K/c2*1-26(2,3)15-28-21-12-11-17(27)13-20(21)24(32-22(25(28)31)14-23(29)30)19-10-6-8-16-7-4-5-9-18(16)19;2-1(3)4;;/h2*4-13,22,24H,14-15H2,1-3H3,(H,29,30);(H2,2,3,4);;/q;;;2*+1/p-2/t2*22-,24-;;;/m00.../s1. The maximum Gasteiger partial charge on any atom is 1.00 e. The van der Waals surface area contributed by atoms with Crippen LogP contribution in [0.4, 0.5) is 16.2 Å². The predicted octanol–water partition coefficient (Wildman–Crippen LogP) is 3.23. The number of anilines is 2. The summed E-state index contributed by atoms with van der Waals surface area (Å²) in [5.41, 5.74) is 4.21. The van der Waals surface area contributed by atoms with E-state index in [9.17, 15) is 29.4 Å². The van der Waals surface area contributed by atoms with Crippen molar-refractivity contribution in [3.05, 3.63) is 154 Å². The van der Waals surface area contributed by atoms with E-state index in [-0.39, 0.29) is 125 Å². The quantitative estimate of drug-likeness (QED) is 0.213. The Kier molecular flexibility index (Phi) is 21.7. The second kappa shape index (κ2) is 25.6. The van der Waals surface area contributed by atoms with Crippen LogP contribution in [-0.2, 0) is 28.7 Å². The molecule has 6 aromatic carbocycles. The van der Waals surface area contributed by atoms with Crippen molar-refractivity contribution in [1.82, 2.24) is 0 Å². The minimum Gasteiger partial charge on any atom is -0.652 e. The minimum atomic E-state index is -2.33. The number of hydrogen-bond donors (Lipinski definition) is 2. The molecule has 8 rings (SSSR count). The number of ether oxygens (including phenoxy) is 2. The molecule has 0 spiro atoms. The second-order valence-corrected chi connectivity index (χ2v) is 19.8. The maximum atomic E-state index is 13.6. The van der Waals surface area contributed by atoms with E-state index in [4.69, 9.17) is 47.7 Å². The Morgan fingerprint density at radius 1 is 0.543 bits per heavy atom. The zero-order valence-corrected chi connectivity index (χ0v) is 48.2. The first-order valence-corrected chi connectivity index (χ1v) is 22.6. The van der Waals surface area contributed by atoms with Crippen molar-refractivity contribution >= 4 is 86.0 Å². The molecule has 0 radical (unpaired) electrons. The van der Waals surface area contributed by atoms with E-state index < -0.39 is 55.4 Å². The summed E-state index contributed by atoms with van der Waals surface area (Å²) in [6, 6.07) is 38.5. The molecule has 0 saturated heterocycles. The number of carboxylic acids is 2. The molecule has 2 aliphatic rings. The number of amides is 2. The first-order valence-electron chi connectivity index (χ1n) is 21.8. The van der Waals surface area contributed by atoms with E-state index in [0.29, 0.717) is 34.5 Å². The molecule has 0 aromatic heterocycles. The van der Waals surface area contributed by atoms with Gasteiger partial charge in [0.1, 0.15) is 24.4 Å². The molecule has 70 heavy (non-hydrogen) atoms. The van der Waals surface area contributed by atoms with Gasteiger partial charge in [-0.15, -0.1) is 0 Å². The third-order valence-electron chi connectivity index (χ3n) is 11.0. The molecule has 0 saturated carbocycles. The van der Waals surface area contributed by atoms with Crippen molar-refractivity contribution in [1.29, 1.82) is 0 Å². The number of halogens is 2. The fourth-order valence-electron chi connectivity index (χ4n) is 8.44. The molecule has 0 bridgehead atoms. The second-order valence-electron chi connectivity index (χ2n) is 19.0. The average Bonchev–Trinajstić information content (AvgIpc) is 3.42. The van der Waals surface area contributed by atoms with Gasteiger partial charge < -0.3 is 44.5 Å². The van der Waals surface area contributed by atoms with Crippen molar-refractivity contribution < 1.29 is 157 Å². The van der Waals surface area contributed by atoms with Crippen LogP contribution < -0.4 is 123 Å². The van der Waals surface area contributed by atoms with E-state index in [1.54, 1.807) is 21.9 Å². The third-order valence-corrected chi connectivity index (χ3v) is 11.5. The number of carbonyl (C=O) groups excluding carboxylic acids is 3. The van der Waals surface area contributed by atoms with Gasteiger partial charge >= 0.3 is 115 Å². The molecule has 356 valence electrons. The van der Waals surface area contributed by atoms with Gasteiger partial charge in [0.2, 0.25) is 0 Å². The third kappa shape index (κ3) is 15.4. The van der Waals surface area contributed by atoms with E-state index in [0.717, 1.165) is 43.8 Å². The molecule has 13 nitrogen and oxygen atoms in total. The van der Waals surface area contributed by atoms with Gasteiger partial charge in [0.05, 0.1) is 12.8 Å². The van der Waals surface area contributed by atoms with Crippen LogP contribution in [0.3, 0.4) is 0 Å². The molecule has 17 heteroatoms. The zero-order chi connectivity index (χ0) is 49.7. The van der Waals surface area contributed by atoms with Crippen LogP contribution in [0.25, 0.3) is 21.5 Å². The summed E-state index contributed by atoms with van der Waals surface area (Å²) in [7, 11) is 0. The molecule has 2 aliphatic heterocycles. The Hall–Kier alpha value is -3.24.